The van der Waals surface area contributed by atoms with E-state index in [9.17, 15) is 9.59 Å². The van der Waals surface area contributed by atoms with Gasteiger partial charge in [-0.2, -0.15) is 0 Å². The summed E-state index contributed by atoms with van der Waals surface area (Å²) in [5, 5.41) is 12.5. The summed E-state index contributed by atoms with van der Waals surface area (Å²) < 4.78 is 0. The van der Waals surface area contributed by atoms with Crippen LogP contribution in [0.3, 0.4) is 0 Å². The molecule has 1 aromatic rings. The number of carbonyl (C=O) groups excluding carboxylic acids is 1. The van der Waals surface area contributed by atoms with Gasteiger partial charge in [-0.05, 0) is 37.3 Å². The smallest absolute Gasteiger partial charge is 0.306 e. The zero-order valence-electron chi connectivity index (χ0n) is 11.1. The summed E-state index contributed by atoms with van der Waals surface area (Å²) in [6, 6.07) is 7.47. The Morgan fingerprint density at radius 1 is 1.30 bits per heavy atom. The normalized spacial score (nSPS) is 21.6. The highest BCUT2D eigenvalue weighted by Crippen LogP contribution is 2.25. The molecule has 2 atom stereocenters. The lowest BCUT2D eigenvalue weighted by molar-refractivity contribution is -0.141. The standard InChI is InChI=1S/C15H18ClNO3/c16-13-4-2-1-3-10(13)6-8-14(18)17-12-7-5-11(9-12)15(19)20/h1-4,11-12H,5-9H2,(H,17,18)(H,19,20). The average Bonchev–Trinajstić information content (AvgIpc) is 2.86. The number of aliphatic carboxylic acids is 1. The summed E-state index contributed by atoms with van der Waals surface area (Å²) >= 11 is 6.03. The van der Waals surface area contributed by atoms with E-state index in [4.69, 9.17) is 16.7 Å². The number of aryl methyl sites for hydroxylation is 1. The van der Waals surface area contributed by atoms with Crippen LogP contribution in [-0.4, -0.2) is 23.0 Å². The summed E-state index contributed by atoms with van der Waals surface area (Å²) in [6.45, 7) is 0. The second-order valence-corrected chi connectivity index (χ2v) is 5.61. The van der Waals surface area contributed by atoms with Gasteiger partial charge in [-0.3, -0.25) is 9.59 Å². The fraction of sp³-hybridized carbons (Fsp3) is 0.467. The Labute approximate surface area is 123 Å². The van der Waals surface area contributed by atoms with E-state index in [-0.39, 0.29) is 17.9 Å². The fourth-order valence-electron chi connectivity index (χ4n) is 2.59. The predicted octanol–water partition coefficient (Wildman–Crippen LogP) is 2.64. The third kappa shape index (κ3) is 3.97. The van der Waals surface area contributed by atoms with Gasteiger partial charge in [-0.1, -0.05) is 29.8 Å². The SMILES string of the molecule is O=C(CCc1ccccc1Cl)NC1CCC(C(=O)O)C1. The largest absolute Gasteiger partial charge is 0.481 e. The Morgan fingerprint density at radius 2 is 2.05 bits per heavy atom. The van der Waals surface area contributed by atoms with Crippen molar-refractivity contribution in [2.45, 2.75) is 38.1 Å². The van der Waals surface area contributed by atoms with E-state index in [2.05, 4.69) is 5.32 Å². The molecule has 108 valence electrons. The number of carboxylic acid groups (broad SMARTS) is 1. The Kier molecular flexibility index (Phi) is 5.01. The van der Waals surface area contributed by atoms with Crippen molar-refractivity contribution in [1.29, 1.82) is 0 Å². The molecule has 2 N–H and O–H groups in total. The molecule has 0 bridgehead atoms. The summed E-state index contributed by atoms with van der Waals surface area (Å²) in [5.74, 6) is -1.12. The van der Waals surface area contributed by atoms with Crippen LogP contribution in [0.15, 0.2) is 24.3 Å². The summed E-state index contributed by atoms with van der Waals surface area (Å²) in [4.78, 5) is 22.7. The third-order valence-corrected chi connectivity index (χ3v) is 4.09. The number of hydrogen-bond donors (Lipinski definition) is 2. The van der Waals surface area contributed by atoms with Gasteiger partial charge in [0, 0.05) is 17.5 Å². The van der Waals surface area contributed by atoms with Crippen molar-refractivity contribution in [3.63, 3.8) is 0 Å². The van der Waals surface area contributed by atoms with Crippen molar-refractivity contribution in [1.82, 2.24) is 5.32 Å². The zero-order chi connectivity index (χ0) is 14.5. The molecule has 0 radical (unpaired) electrons. The van der Waals surface area contributed by atoms with E-state index in [1.807, 2.05) is 24.3 Å². The number of halogens is 1. The fourth-order valence-corrected chi connectivity index (χ4v) is 2.82. The molecule has 1 aliphatic rings. The number of amides is 1. The molecule has 1 aromatic carbocycles. The van der Waals surface area contributed by atoms with E-state index in [0.29, 0.717) is 30.7 Å². The van der Waals surface area contributed by atoms with E-state index in [1.54, 1.807) is 0 Å². The number of nitrogens with one attached hydrogen (secondary N) is 1. The molecule has 1 aliphatic carbocycles. The van der Waals surface area contributed by atoms with Crippen molar-refractivity contribution in [2.75, 3.05) is 0 Å². The first-order valence-electron chi connectivity index (χ1n) is 6.82. The van der Waals surface area contributed by atoms with E-state index in [0.717, 1.165) is 12.0 Å². The van der Waals surface area contributed by atoms with Crippen LogP contribution in [0, 0.1) is 5.92 Å². The zero-order valence-corrected chi connectivity index (χ0v) is 11.9. The molecule has 0 heterocycles. The molecule has 2 rings (SSSR count). The van der Waals surface area contributed by atoms with Gasteiger partial charge in [0.15, 0.2) is 0 Å². The molecular formula is C15H18ClNO3. The Balaban J connectivity index is 1.77. The molecule has 0 saturated heterocycles. The molecule has 2 unspecified atom stereocenters. The predicted molar refractivity (Wildman–Crippen MR) is 76.7 cm³/mol. The number of carboxylic acids is 1. The topological polar surface area (TPSA) is 66.4 Å². The van der Waals surface area contributed by atoms with Crippen molar-refractivity contribution in [3.05, 3.63) is 34.9 Å². The number of benzene rings is 1. The van der Waals surface area contributed by atoms with Gasteiger partial charge in [-0.15, -0.1) is 0 Å². The van der Waals surface area contributed by atoms with Crippen LogP contribution in [0.4, 0.5) is 0 Å². The Hall–Kier alpha value is -1.55. The second-order valence-electron chi connectivity index (χ2n) is 5.20. The number of rotatable bonds is 5. The maximum Gasteiger partial charge on any atom is 0.306 e. The summed E-state index contributed by atoms with van der Waals surface area (Å²) in [7, 11) is 0. The molecule has 20 heavy (non-hydrogen) atoms. The highest BCUT2D eigenvalue weighted by molar-refractivity contribution is 6.31. The minimum absolute atomic E-state index is 0.00477. The van der Waals surface area contributed by atoms with Gasteiger partial charge >= 0.3 is 5.97 Å². The summed E-state index contributed by atoms with van der Waals surface area (Å²) in [6.07, 6.45) is 2.89. The third-order valence-electron chi connectivity index (χ3n) is 3.73. The van der Waals surface area contributed by atoms with Crippen LogP contribution in [0.25, 0.3) is 0 Å². The van der Waals surface area contributed by atoms with Gasteiger partial charge < -0.3 is 10.4 Å². The molecule has 4 nitrogen and oxygen atoms in total. The molecule has 0 aliphatic heterocycles. The van der Waals surface area contributed by atoms with Crippen LogP contribution < -0.4 is 5.32 Å². The quantitative estimate of drug-likeness (QED) is 0.877. The first-order valence-corrected chi connectivity index (χ1v) is 7.19. The average molecular weight is 296 g/mol. The van der Waals surface area contributed by atoms with Gasteiger partial charge in [0.05, 0.1) is 5.92 Å². The van der Waals surface area contributed by atoms with Crippen LogP contribution in [0.1, 0.15) is 31.2 Å². The number of carbonyl (C=O) groups is 2. The van der Waals surface area contributed by atoms with Gasteiger partial charge in [-0.25, -0.2) is 0 Å². The molecule has 1 saturated carbocycles. The van der Waals surface area contributed by atoms with Crippen molar-refractivity contribution < 1.29 is 14.7 Å². The molecule has 0 spiro atoms. The van der Waals surface area contributed by atoms with E-state index >= 15 is 0 Å². The highest BCUT2D eigenvalue weighted by Gasteiger charge is 2.30. The maximum atomic E-state index is 11.9. The van der Waals surface area contributed by atoms with Crippen LogP contribution in [0.2, 0.25) is 5.02 Å². The van der Waals surface area contributed by atoms with Gasteiger partial charge in [0.2, 0.25) is 5.91 Å². The molecule has 1 fully saturated rings. The monoisotopic (exact) mass is 295 g/mol. The number of hydrogen-bond acceptors (Lipinski definition) is 2. The van der Waals surface area contributed by atoms with E-state index in [1.165, 1.54) is 0 Å². The van der Waals surface area contributed by atoms with E-state index < -0.39 is 5.97 Å². The molecule has 5 heteroatoms. The lowest BCUT2D eigenvalue weighted by Gasteiger charge is -2.12. The minimum atomic E-state index is -0.766. The van der Waals surface area contributed by atoms with Crippen molar-refractivity contribution in [2.24, 2.45) is 5.92 Å². The van der Waals surface area contributed by atoms with Gasteiger partial charge in [0.25, 0.3) is 0 Å². The van der Waals surface area contributed by atoms with Crippen LogP contribution in [-0.2, 0) is 16.0 Å². The van der Waals surface area contributed by atoms with Crippen LogP contribution >= 0.6 is 11.6 Å². The molecule has 1 amide bonds. The second kappa shape index (κ2) is 6.75. The van der Waals surface area contributed by atoms with Crippen molar-refractivity contribution in [3.8, 4) is 0 Å². The molecular weight excluding hydrogens is 278 g/mol. The first kappa shape index (κ1) is 14.9. The van der Waals surface area contributed by atoms with Crippen LogP contribution in [0.5, 0.6) is 0 Å². The Bertz CT molecular complexity index is 504. The maximum absolute atomic E-state index is 11.9. The summed E-state index contributed by atoms with van der Waals surface area (Å²) in [5.41, 5.74) is 0.958. The molecule has 0 aromatic heterocycles. The first-order chi connectivity index (χ1) is 9.56. The lowest BCUT2D eigenvalue weighted by atomic mass is 10.1. The lowest BCUT2D eigenvalue weighted by Crippen LogP contribution is -2.33. The Morgan fingerprint density at radius 3 is 2.70 bits per heavy atom. The highest BCUT2D eigenvalue weighted by atomic mass is 35.5. The van der Waals surface area contributed by atoms with Gasteiger partial charge in [0.1, 0.15) is 0 Å². The minimum Gasteiger partial charge on any atom is -0.481 e. The van der Waals surface area contributed by atoms with Crippen molar-refractivity contribution >= 4 is 23.5 Å².